The second-order valence-electron chi connectivity index (χ2n) is 0. The summed E-state index contributed by atoms with van der Waals surface area (Å²) >= 11 is 0. The molecule has 0 aliphatic rings. The second-order valence-corrected chi connectivity index (χ2v) is 0. The Morgan fingerprint density at radius 2 is 0.286 bits per heavy atom. The first-order valence-electron chi connectivity index (χ1n) is 0. The smallest absolute Gasteiger partial charge is 0 e. The van der Waals surface area contributed by atoms with E-state index < -0.39 is 0 Å². The first-order valence-corrected chi connectivity index (χ1v) is 0. The van der Waals surface area contributed by atoms with Gasteiger partial charge in [-0.15, -0.1) is 0 Å². The van der Waals surface area contributed by atoms with Crippen LogP contribution in [0, 0.1) is 0 Å². The van der Waals surface area contributed by atoms with Gasteiger partial charge in [0.05, 0.1) is 0 Å². The molecule has 0 saturated carbocycles. The molecule has 6 radical (unpaired) electrons. The van der Waals surface area contributed by atoms with Crippen LogP contribution >= 0.6 is 0 Å². The fourth-order valence-electron chi connectivity index (χ4n) is 0. The molecule has 0 unspecified atom stereocenters. The van der Waals surface area contributed by atoms with Gasteiger partial charge in [0.15, 0.2) is 0 Å². The molecule has 0 rings (SSSR count). The van der Waals surface area contributed by atoms with Crippen LogP contribution < -0.4 is 0 Å². The van der Waals surface area contributed by atoms with Crippen LogP contribution in [0.1, 0.15) is 0 Å². The van der Waals surface area contributed by atoms with Gasteiger partial charge in [0, 0.05) is 143 Å². The first-order chi connectivity index (χ1) is 0. The maximum atomic E-state index is 0. The molecule has 0 aliphatic carbocycles. The fraction of sp³-hybridized carbons (Fsp3) is 0. The van der Waals surface area contributed by atoms with Gasteiger partial charge < -0.3 is 0 Å². The van der Waals surface area contributed by atoms with Crippen LogP contribution in [0.15, 0.2) is 0 Å². The molecule has 0 aromatic rings. The molecule has 0 atom stereocenters. The van der Waals surface area contributed by atoms with Crippen LogP contribution in [0.5, 0.6) is 0 Å². The summed E-state index contributed by atoms with van der Waals surface area (Å²) in [5.74, 6) is 0. The standard InChI is InChI=1S/2Al.5Ti. The van der Waals surface area contributed by atoms with Crippen molar-refractivity contribution in [3.63, 3.8) is 0 Å². The van der Waals surface area contributed by atoms with Gasteiger partial charge in [-0.3, -0.25) is 0 Å². The summed E-state index contributed by atoms with van der Waals surface area (Å²) in [6, 6.07) is 0. The molecular weight excluding hydrogens is 293 g/mol. The molecule has 0 saturated heterocycles. The maximum Gasteiger partial charge on any atom is 0 e. The normalized spacial score (nSPS) is 0. The van der Waals surface area contributed by atoms with E-state index in [1.807, 2.05) is 0 Å². The van der Waals surface area contributed by atoms with Crippen molar-refractivity contribution >= 4 is 34.7 Å². The van der Waals surface area contributed by atoms with Gasteiger partial charge in [-0.2, -0.15) is 0 Å². The molecule has 0 amide bonds. The summed E-state index contributed by atoms with van der Waals surface area (Å²) in [6.07, 6.45) is 0. The van der Waals surface area contributed by atoms with Crippen LogP contribution in [0.3, 0.4) is 0 Å². The van der Waals surface area contributed by atoms with E-state index >= 15 is 0 Å². The van der Waals surface area contributed by atoms with Crippen molar-refractivity contribution in [1.29, 1.82) is 0 Å². The van der Waals surface area contributed by atoms with Crippen molar-refractivity contribution < 1.29 is 109 Å². The van der Waals surface area contributed by atoms with Crippen molar-refractivity contribution in [2.45, 2.75) is 0 Å². The number of hydrogen-bond donors (Lipinski definition) is 0. The molecule has 7 heteroatoms. The molecule has 0 aliphatic heterocycles. The van der Waals surface area contributed by atoms with Crippen molar-refractivity contribution in [3.8, 4) is 0 Å². The maximum absolute atomic E-state index is 0. The Morgan fingerprint density at radius 1 is 0.286 bits per heavy atom. The predicted molar refractivity (Wildman–Crippen MR) is 11.5 cm³/mol. The Bertz CT molecular complexity index is 6.04. The largest absolute Gasteiger partial charge is 0 e. The summed E-state index contributed by atoms with van der Waals surface area (Å²) in [6.45, 7) is 0. The minimum atomic E-state index is 0. The second kappa shape index (κ2) is 45.9. The van der Waals surface area contributed by atoms with Gasteiger partial charge in [-0.25, -0.2) is 0 Å². The molecule has 0 aromatic heterocycles. The van der Waals surface area contributed by atoms with Crippen LogP contribution in [0.2, 0.25) is 0 Å². The van der Waals surface area contributed by atoms with Gasteiger partial charge in [-0.05, 0) is 0 Å². The Balaban J connectivity index is 0. The monoisotopic (exact) mass is 294 g/mol. The van der Waals surface area contributed by atoms with E-state index in [4.69, 9.17) is 0 Å². The quantitative estimate of drug-likeness (QED) is 0.514. The molecular formula is Al2Ti5. The van der Waals surface area contributed by atoms with E-state index in [1.165, 1.54) is 0 Å². The molecule has 26 valence electrons. The SMILES string of the molecule is [Al].[Al].[Ti].[Ti].[Ti].[Ti].[Ti]. The van der Waals surface area contributed by atoms with E-state index in [-0.39, 0.29) is 143 Å². The molecule has 0 N–H and O–H groups in total. The van der Waals surface area contributed by atoms with Gasteiger partial charge in [-0.1, -0.05) is 0 Å². The van der Waals surface area contributed by atoms with Crippen LogP contribution in [0.25, 0.3) is 0 Å². The third-order valence-corrected chi connectivity index (χ3v) is 0. The van der Waals surface area contributed by atoms with E-state index in [2.05, 4.69) is 0 Å². The molecule has 0 nitrogen and oxygen atoms in total. The summed E-state index contributed by atoms with van der Waals surface area (Å²) in [5.41, 5.74) is 0. The Hall–Kier alpha value is 4.64. The van der Waals surface area contributed by atoms with Crippen molar-refractivity contribution in [3.05, 3.63) is 0 Å². The van der Waals surface area contributed by atoms with Crippen LogP contribution in [0.4, 0.5) is 0 Å². The Kier molecular flexibility index (Phi) is 402. The number of rotatable bonds is 0. The predicted octanol–water partition coefficient (Wildman–Crippen LogP) is -0.774. The fourth-order valence-corrected chi connectivity index (χ4v) is 0. The summed E-state index contributed by atoms with van der Waals surface area (Å²) in [5, 5.41) is 0. The third-order valence-electron chi connectivity index (χ3n) is 0. The Morgan fingerprint density at radius 3 is 0.286 bits per heavy atom. The van der Waals surface area contributed by atoms with E-state index in [0.29, 0.717) is 0 Å². The van der Waals surface area contributed by atoms with E-state index in [0.717, 1.165) is 0 Å². The minimum absolute atomic E-state index is 0. The molecule has 0 fully saturated rings. The summed E-state index contributed by atoms with van der Waals surface area (Å²) in [7, 11) is 0. The van der Waals surface area contributed by atoms with Gasteiger partial charge in [0.2, 0.25) is 0 Å². The molecule has 0 bridgehead atoms. The third kappa shape index (κ3) is 36.9. The minimum Gasteiger partial charge on any atom is 0 e. The van der Waals surface area contributed by atoms with E-state index in [9.17, 15) is 0 Å². The average molecular weight is 293 g/mol. The zero-order valence-corrected chi connectivity index (χ0v) is 13.8. The van der Waals surface area contributed by atoms with Crippen LogP contribution in [-0.2, 0) is 109 Å². The van der Waals surface area contributed by atoms with Gasteiger partial charge in [0.25, 0.3) is 0 Å². The molecule has 7 heavy (non-hydrogen) atoms. The van der Waals surface area contributed by atoms with Crippen molar-refractivity contribution in [2.75, 3.05) is 0 Å². The van der Waals surface area contributed by atoms with Gasteiger partial charge in [0.1, 0.15) is 0 Å². The van der Waals surface area contributed by atoms with Crippen molar-refractivity contribution in [1.82, 2.24) is 0 Å². The topological polar surface area (TPSA) is 0 Å². The summed E-state index contributed by atoms with van der Waals surface area (Å²) in [4.78, 5) is 0. The molecule has 0 spiro atoms. The first kappa shape index (κ1) is 61.2. The molecule has 0 heterocycles. The van der Waals surface area contributed by atoms with Crippen LogP contribution in [-0.4, -0.2) is 34.7 Å². The summed E-state index contributed by atoms with van der Waals surface area (Å²) < 4.78 is 0. The molecule has 0 aromatic carbocycles. The zero-order valence-electron chi connectivity index (χ0n) is 3.65. The zero-order chi connectivity index (χ0) is 0. The number of hydrogen-bond acceptors (Lipinski definition) is 0. The Labute approximate surface area is 140 Å². The van der Waals surface area contributed by atoms with E-state index in [1.54, 1.807) is 0 Å². The van der Waals surface area contributed by atoms with Gasteiger partial charge >= 0.3 is 0 Å². The average Bonchev–Trinajstić information content (AvgIpc) is 0. The van der Waals surface area contributed by atoms with Crippen molar-refractivity contribution in [2.24, 2.45) is 0 Å².